The van der Waals surface area contributed by atoms with Crippen molar-refractivity contribution >= 4 is 50.7 Å². The minimum atomic E-state index is -4.16. The van der Waals surface area contributed by atoms with Gasteiger partial charge in [-0.15, -0.1) is 0 Å². The largest absolute Gasteiger partial charge is 0.355 e. The van der Waals surface area contributed by atoms with Crippen LogP contribution in [0.25, 0.3) is 0 Å². The number of carbonyl (C=O) groups excluding carboxylic acids is 2. The molecule has 2 amide bonds. The predicted molar refractivity (Wildman–Crippen MR) is 157 cm³/mol. The van der Waals surface area contributed by atoms with Crippen molar-refractivity contribution in [3.8, 4) is 0 Å². The molecule has 3 rings (SSSR count). The number of rotatable bonds is 11. The Balaban J connectivity index is 2.08. The third-order valence-corrected chi connectivity index (χ3v) is 8.75. The average Bonchev–Trinajstić information content (AvgIpc) is 2.90. The minimum Gasteiger partial charge on any atom is -0.355 e. The first-order chi connectivity index (χ1) is 18.5. The van der Waals surface area contributed by atoms with Gasteiger partial charge in [-0.2, -0.15) is 0 Å². The number of likely N-dealkylation sites (N-methyl/N-ethyl adjacent to an activating group) is 1. The number of amides is 2. The van der Waals surface area contributed by atoms with Crippen molar-refractivity contribution < 1.29 is 18.0 Å². The molecule has 0 fully saturated rings. The highest BCUT2D eigenvalue weighted by Crippen LogP contribution is 2.27. The van der Waals surface area contributed by atoms with Gasteiger partial charge >= 0.3 is 0 Å². The van der Waals surface area contributed by atoms with Gasteiger partial charge < -0.3 is 10.2 Å². The second-order valence-electron chi connectivity index (χ2n) is 9.20. The predicted octanol–water partition coefficient (Wildman–Crippen LogP) is 5.75. The molecule has 7 nitrogen and oxygen atoms in total. The summed E-state index contributed by atoms with van der Waals surface area (Å²) >= 11 is 12.0. The number of aryl methyl sites for hydroxylation is 2. The molecular formula is C29H33Cl2N3O4S. The number of benzene rings is 3. The van der Waals surface area contributed by atoms with Gasteiger partial charge in [-0.1, -0.05) is 48.3 Å². The van der Waals surface area contributed by atoms with E-state index in [-0.39, 0.29) is 17.3 Å². The van der Waals surface area contributed by atoms with Crippen molar-refractivity contribution in [2.75, 3.05) is 17.4 Å². The summed E-state index contributed by atoms with van der Waals surface area (Å²) in [6.07, 6.45) is 0.346. The molecule has 0 saturated heterocycles. The monoisotopic (exact) mass is 589 g/mol. The summed E-state index contributed by atoms with van der Waals surface area (Å²) in [7, 11) is -4.16. The summed E-state index contributed by atoms with van der Waals surface area (Å²) in [5, 5.41) is 3.73. The Morgan fingerprint density at radius 3 is 2.00 bits per heavy atom. The van der Waals surface area contributed by atoms with Gasteiger partial charge in [0.25, 0.3) is 10.0 Å². The highest BCUT2D eigenvalue weighted by molar-refractivity contribution is 7.92. The van der Waals surface area contributed by atoms with Crippen LogP contribution in [0.5, 0.6) is 0 Å². The normalized spacial score (nSPS) is 12.1. The molecule has 0 aliphatic carbocycles. The standard InChI is InChI=1S/C29H33Cl2N3O4S/c1-5-27(29(36)32-6-2)33(18-22-8-10-23(30)11-9-22)28(35)19-34(25-14-7-20(3)21(4)17-25)39(37,38)26-15-12-24(31)13-16-26/h7-17,27H,5-6,18-19H2,1-4H3,(H,32,36)/t27-/m1/s1. The molecule has 0 aliphatic rings. The Morgan fingerprint density at radius 2 is 1.46 bits per heavy atom. The van der Waals surface area contributed by atoms with Gasteiger partial charge in [0.1, 0.15) is 12.6 Å². The Hall–Kier alpha value is -3.07. The fourth-order valence-corrected chi connectivity index (χ4v) is 5.80. The molecule has 0 unspecified atom stereocenters. The number of sulfonamides is 1. The molecule has 3 aromatic rings. The molecule has 0 saturated carbocycles. The van der Waals surface area contributed by atoms with Crippen molar-refractivity contribution in [3.63, 3.8) is 0 Å². The fraction of sp³-hybridized carbons (Fsp3) is 0.310. The molecule has 39 heavy (non-hydrogen) atoms. The summed E-state index contributed by atoms with van der Waals surface area (Å²) in [4.78, 5) is 28.4. The van der Waals surface area contributed by atoms with E-state index in [1.807, 2.05) is 26.8 Å². The van der Waals surface area contributed by atoms with Crippen molar-refractivity contribution in [3.05, 3.63) is 93.5 Å². The maximum absolute atomic E-state index is 14.0. The van der Waals surface area contributed by atoms with Gasteiger partial charge in [0, 0.05) is 23.1 Å². The van der Waals surface area contributed by atoms with Crippen molar-refractivity contribution in [2.45, 2.75) is 51.6 Å². The smallest absolute Gasteiger partial charge is 0.264 e. The van der Waals surface area contributed by atoms with E-state index < -0.39 is 28.5 Å². The molecule has 1 atom stereocenters. The van der Waals surface area contributed by atoms with Gasteiger partial charge in [-0.3, -0.25) is 13.9 Å². The van der Waals surface area contributed by atoms with E-state index in [4.69, 9.17) is 23.2 Å². The summed E-state index contributed by atoms with van der Waals surface area (Å²) in [5.41, 5.74) is 2.97. The van der Waals surface area contributed by atoms with Gasteiger partial charge in [0.15, 0.2) is 0 Å². The van der Waals surface area contributed by atoms with Crippen LogP contribution < -0.4 is 9.62 Å². The second-order valence-corrected chi connectivity index (χ2v) is 11.9. The zero-order chi connectivity index (χ0) is 28.7. The molecule has 208 valence electrons. The first-order valence-corrected chi connectivity index (χ1v) is 14.8. The van der Waals surface area contributed by atoms with Crippen LogP contribution in [-0.4, -0.2) is 44.3 Å². The van der Waals surface area contributed by atoms with E-state index in [0.29, 0.717) is 28.7 Å². The molecule has 0 radical (unpaired) electrons. The first-order valence-electron chi connectivity index (χ1n) is 12.6. The minimum absolute atomic E-state index is 0.00190. The van der Waals surface area contributed by atoms with Gasteiger partial charge in [-0.25, -0.2) is 8.42 Å². The van der Waals surface area contributed by atoms with E-state index in [1.165, 1.54) is 29.2 Å². The third kappa shape index (κ3) is 7.53. The lowest BCUT2D eigenvalue weighted by Gasteiger charge is -2.33. The molecule has 0 aliphatic heterocycles. The first kappa shape index (κ1) is 30.5. The number of carbonyl (C=O) groups is 2. The van der Waals surface area contributed by atoms with E-state index in [9.17, 15) is 18.0 Å². The van der Waals surface area contributed by atoms with Crippen LogP contribution in [0.4, 0.5) is 5.69 Å². The third-order valence-electron chi connectivity index (χ3n) is 6.46. The highest BCUT2D eigenvalue weighted by Gasteiger charge is 2.33. The van der Waals surface area contributed by atoms with Crippen LogP contribution in [0.3, 0.4) is 0 Å². The van der Waals surface area contributed by atoms with Crippen LogP contribution in [0.1, 0.15) is 37.0 Å². The zero-order valence-electron chi connectivity index (χ0n) is 22.4. The second kappa shape index (κ2) is 13.3. The lowest BCUT2D eigenvalue weighted by molar-refractivity contribution is -0.140. The number of halogens is 2. The molecule has 0 heterocycles. The Bertz CT molecular complexity index is 1410. The lowest BCUT2D eigenvalue weighted by Crippen LogP contribution is -2.52. The van der Waals surface area contributed by atoms with Gasteiger partial charge in [-0.05, 0) is 92.4 Å². The summed E-state index contributed by atoms with van der Waals surface area (Å²) in [6.45, 7) is 7.42. The molecule has 0 spiro atoms. The number of nitrogens with zero attached hydrogens (tertiary/aromatic N) is 2. The highest BCUT2D eigenvalue weighted by atomic mass is 35.5. The van der Waals surface area contributed by atoms with E-state index >= 15 is 0 Å². The molecule has 10 heteroatoms. The quantitative estimate of drug-likeness (QED) is 0.308. The van der Waals surface area contributed by atoms with Crippen LogP contribution in [0.2, 0.25) is 10.0 Å². The fourth-order valence-electron chi connectivity index (χ4n) is 4.14. The van der Waals surface area contributed by atoms with Crippen LogP contribution in [0.15, 0.2) is 71.6 Å². The summed E-state index contributed by atoms with van der Waals surface area (Å²) in [5.74, 6) is -0.820. The van der Waals surface area contributed by atoms with Crippen molar-refractivity contribution in [2.24, 2.45) is 0 Å². The zero-order valence-corrected chi connectivity index (χ0v) is 24.8. The summed E-state index contributed by atoms with van der Waals surface area (Å²) in [6, 6.07) is 17.2. The molecular weight excluding hydrogens is 557 g/mol. The Labute approximate surface area is 240 Å². The molecule has 1 N–H and O–H groups in total. The van der Waals surface area contributed by atoms with Crippen molar-refractivity contribution in [1.29, 1.82) is 0 Å². The molecule has 3 aromatic carbocycles. The maximum Gasteiger partial charge on any atom is 0.264 e. The van der Waals surface area contributed by atoms with Gasteiger partial charge in [0.2, 0.25) is 11.8 Å². The number of anilines is 1. The SMILES string of the molecule is CCNC(=O)[C@@H](CC)N(Cc1ccc(Cl)cc1)C(=O)CN(c1ccc(C)c(C)c1)S(=O)(=O)c1ccc(Cl)cc1. The van der Waals surface area contributed by atoms with Crippen LogP contribution >= 0.6 is 23.2 Å². The number of hydrogen-bond donors (Lipinski definition) is 1. The topological polar surface area (TPSA) is 86.8 Å². The number of nitrogens with one attached hydrogen (secondary N) is 1. The van der Waals surface area contributed by atoms with Crippen LogP contribution in [-0.2, 0) is 26.2 Å². The maximum atomic E-state index is 14.0. The van der Waals surface area contributed by atoms with E-state index in [1.54, 1.807) is 43.3 Å². The average molecular weight is 591 g/mol. The number of hydrogen-bond acceptors (Lipinski definition) is 4. The van der Waals surface area contributed by atoms with E-state index in [2.05, 4.69) is 5.32 Å². The Kier molecular flexibility index (Phi) is 10.4. The molecule has 0 aromatic heterocycles. The van der Waals surface area contributed by atoms with Crippen LogP contribution in [0, 0.1) is 13.8 Å². The molecule has 0 bridgehead atoms. The van der Waals surface area contributed by atoms with E-state index in [0.717, 1.165) is 21.0 Å². The Morgan fingerprint density at radius 1 is 0.872 bits per heavy atom. The lowest BCUT2D eigenvalue weighted by atomic mass is 10.1. The van der Waals surface area contributed by atoms with Crippen molar-refractivity contribution in [1.82, 2.24) is 10.2 Å². The summed E-state index contributed by atoms with van der Waals surface area (Å²) < 4.78 is 28.9. The van der Waals surface area contributed by atoms with Gasteiger partial charge in [0.05, 0.1) is 10.6 Å².